The van der Waals surface area contributed by atoms with Crippen LogP contribution in [0.4, 0.5) is 10.2 Å². The van der Waals surface area contributed by atoms with Crippen molar-refractivity contribution >= 4 is 5.82 Å². The zero-order valence-corrected chi connectivity index (χ0v) is 16.2. The van der Waals surface area contributed by atoms with Crippen molar-refractivity contribution in [2.45, 2.75) is 45.7 Å². The number of aromatic nitrogens is 2. The first-order chi connectivity index (χ1) is 13.1. The van der Waals surface area contributed by atoms with Crippen molar-refractivity contribution in [3.05, 3.63) is 53.2 Å². The maximum atomic E-state index is 14.1. The van der Waals surface area contributed by atoms with Crippen LogP contribution in [0.25, 0.3) is 0 Å². The molecule has 2 aromatic rings. The smallest absolute Gasteiger partial charge is 0.135 e. The Balaban J connectivity index is 1.78. The molecule has 0 radical (unpaired) electrons. The fourth-order valence-electron chi connectivity index (χ4n) is 3.76. The first kappa shape index (κ1) is 19.7. The molecule has 1 saturated heterocycles. The van der Waals surface area contributed by atoms with E-state index in [1.54, 1.807) is 6.07 Å². The summed E-state index contributed by atoms with van der Waals surface area (Å²) in [5.74, 6) is 1.62. The van der Waals surface area contributed by atoms with E-state index in [0.717, 1.165) is 44.1 Å². The van der Waals surface area contributed by atoms with Crippen LogP contribution in [0.3, 0.4) is 0 Å². The Morgan fingerprint density at radius 3 is 2.78 bits per heavy atom. The average molecular weight is 372 g/mol. The Morgan fingerprint density at radius 2 is 2.04 bits per heavy atom. The Bertz CT molecular complexity index is 755. The maximum Gasteiger partial charge on any atom is 0.135 e. The second kappa shape index (κ2) is 9.24. The van der Waals surface area contributed by atoms with E-state index in [2.05, 4.69) is 21.7 Å². The van der Waals surface area contributed by atoms with Gasteiger partial charge in [0.2, 0.25) is 0 Å². The molecule has 27 heavy (non-hydrogen) atoms. The Labute approximate surface area is 160 Å². The molecule has 1 aliphatic rings. The fourth-order valence-corrected chi connectivity index (χ4v) is 3.76. The number of halogens is 1. The molecular formula is C21H29FN4O. The lowest BCUT2D eigenvalue weighted by atomic mass is 10.1. The topological polar surface area (TPSA) is 52.5 Å². The molecule has 0 amide bonds. The number of nitrogens with zero attached hydrogens (tertiary/aromatic N) is 4. The molecule has 5 nitrogen and oxygen atoms in total. The third kappa shape index (κ3) is 4.82. The van der Waals surface area contributed by atoms with Crippen molar-refractivity contribution in [1.29, 1.82) is 0 Å². The molecule has 0 bridgehead atoms. The number of hydrogen-bond acceptors (Lipinski definition) is 5. The van der Waals surface area contributed by atoms with E-state index in [9.17, 15) is 9.50 Å². The van der Waals surface area contributed by atoms with Crippen molar-refractivity contribution in [1.82, 2.24) is 14.9 Å². The molecule has 6 heteroatoms. The van der Waals surface area contributed by atoms with Gasteiger partial charge in [-0.2, -0.15) is 0 Å². The van der Waals surface area contributed by atoms with Crippen LogP contribution in [0.2, 0.25) is 0 Å². The molecule has 1 fully saturated rings. The number of aliphatic hydroxyl groups is 1. The molecule has 0 aliphatic carbocycles. The van der Waals surface area contributed by atoms with Crippen LogP contribution < -0.4 is 4.90 Å². The summed E-state index contributed by atoms with van der Waals surface area (Å²) < 4.78 is 14.1. The van der Waals surface area contributed by atoms with Gasteiger partial charge in [-0.1, -0.05) is 31.5 Å². The van der Waals surface area contributed by atoms with Gasteiger partial charge in [0.25, 0.3) is 0 Å². The first-order valence-electron chi connectivity index (χ1n) is 9.78. The quantitative estimate of drug-likeness (QED) is 0.810. The zero-order valence-electron chi connectivity index (χ0n) is 16.2. The Morgan fingerprint density at radius 1 is 1.22 bits per heavy atom. The number of anilines is 1. The lowest BCUT2D eigenvalue weighted by Gasteiger charge is -2.42. The van der Waals surface area contributed by atoms with Crippen LogP contribution in [0.5, 0.6) is 0 Å². The number of aliphatic hydroxyl groups excluding tert-OH is 1. The molecule has 0 spiro atoms. The van der Waals surface area contributed by atoms with Gasteiger partial charge in [0.15, 0.2) is 0 Å². The van der Waals surface area contributed by atoms with Crippen molar-refractivity contribution < 1.29 is 9.50 Å². The molecule has 0 saturated carbocycles. The molecular weight excluding hydrogens is 343 g/mol. The maximum absolute atomic E-state index is 14.1. The van der Waals surface area contributed by atoms with Crippen LogP contribution in [-0.4, -0.2) is 52.3 Å². The minimum absolute atomic E-state index is 0.122. The van der Waals surface area contributed by atoms with Crippen LogP contribution in [0, 0.1) is 12.7 Å². The zero-order chi connectivity index (χ0) is 19.2. The Hall–Kier alpha value is -2.05. The third-order valence-corrected chi connectivity index (χ3v) is 5.18. The summed E-state index contributed by atoms with van der Waals surface area (Å²) in [7, 11) is 0. The standard InChI is InChI=1S/C21H29FN4O/c1-3-6-17-13-23-16(2)24-21(17)26-11-10-25(19(15-26)9-12-27)14-18-7-4-5-8-20(18)22/h4-5,7-8,13,19,27H,3,6,9-12,14-15H2,1-2H3/t19-/m0/s1. The number of hydrogen-bond donors (Lipinski definition) is 1. The van der Waals surface area contributed by atoms with Crippen LogP contribution in [0.15, 0.2) is 30.5 Å². The normalized spacial score (nSPS) is 18.1. The van der Waals surface area contributed by atoms with Gasteiger partial charge in [0, 0.05) is 56.2 Å². The van der Waals surface area contributed by atoms with Crippen LogP contribution in [-0.2, 0) is 13.0 Å². The SMILES string of the molecule is CCCc1cnc(C)nc1N1CCN(Cc2ccccc2F)[C@@H](CCO)C1. The number of benzene rings is 1. The van der Waals surface area contributed by atoms with Crippen LogP contribution in [0.1, 0.15) is 36.7 Å². The summed E-state index contributed by atoms with van der Waals surface area (Å²) >= 11 is 0. The molecule has 146 valence electrons. The number of piperazine rings is 1. The highest BCUT2D eigenvalue weighted by Gasteiger charge is 2.29. The van der Waals surface area contributed by atoms with Gasteiger partial charge in [0.1, 0.15) is 17.5 Å². The minimum Gasteiger partial charge on any atom is -0.396 e. The van der Waals surface area contributed by atoms with Gasteiger partial charge in [-0.05, 0) is 25.8 Å². The molecule has 3 rings (SSSR count). The van der Waals surface area contributed by atoms with Gasteiger partial charge >= 0.3 is 0 Å². The van der Waals surface area contributed by atoms with Gasteiger partial charge in [-0.3, -0.25) is 4.90 Å². The summed E-state index contributed by atoms with van der Waals surface area (Å²) in [5, 5.41) is 9.55. The minimum atomic E-state index is -0.167. The van der Waals surface area contributed by atoms with Gasteiger partial charge in [-0.15, -0.1) is 0 Å². The van der Waals surface area contributed by atoms with Crippen molar-refractivity contribution in [3.8, 4) is 0 Å². The summed E-state index contributed by atoms with van der Waals surface area (Å²) in [6.07, 6.45) is 4.61. The van der Waals surface area contributed by atoms with Crippen LogP contribution >= 0.6 is 0 Å². The largest absolute Gasteiger partial charge is 0.396 e. The van der Waals surface area contributed by atoms with Crippen molar-refractivity contribution in [2.75, 3.05) is 31.1 Å². The highest BCUT2D eigenvalue weighted by Crippen LogP contribution is 2.25. The van der Waals surface area contributed by atoms with Gasteiger partial charge < -0.3 is 10.0 Å². The van der Waals surface area contributed by atoms with E-state index in [1.165, 1.54) is 11.6 Å². The highest BCUT2D eigenvalue weighted by atomic mass is 19.1. The van der Waals surface area contributed by atoms with E-state index in [-0.39, 0.29) is 18.5 Å². The monoisotopic (exact) mass is 372 g/mol. The molecule has 1 atom stereocenters. The van der Waals surface area contributed by atoms with Crippen molar-refractivity contribution in [3.63, 3.8) is 0 Å². The predicted molar refractivity (Wildman–Crippen MR) is 105 cm³/mol. The van der Waals surface area contributed by atoms with E-state index in [0.29, 0.717) is 18.5 Å². The lowest BCUT2D eigenvalue weighted by Crippen LogP contribution is -2.53. The van der Waals surface area contributed by atoms with E-state index in [1.807, 2.05) is 25.3 Å². The molecule has 1 aromatic carbocycles. The van der Waals surface area contributed by atoms with E-state index < -0.39 is 0 Å². The Kier molecular flexibility index (Phi) is 6.74. The molecule has 2 heterocycles. The summed E-state index contributed by atoms with van der Waals surface area (Å²) in [4.78, 5) is 13.6. The summed E-state index contributed by atoms with van der Waals surface area (Å²) in [6, 6.07) is 7.09. The van der Waals surface area contributed by atoms with Gasteiger partial charge in [-0.25, -0.2) is 14.4 Å². The lowest BCUT2D eigenvalue weighted by molar-refractivity contribution is 0.134. The molecule has 1 aliphatic heterocycles. The van der Waals surface area contributed by atoms with Gasteiger partial charge in [0.05, 0.1) is 0 Å². The second-order valence-electron chi connectivity index (χ2n) is 7.19. The summed E-state index contributed by atoms with van der Waals surface area (Å²) in [5.41, 5.74) is 1.88. The van der Waals surface area contributed by atoms with E-state index in [4.69, 9.17) is 4.98 Å². The molecule has 1 N–H and O–H groups in total. The third-order valence-electron chi connectivity index (χ3n) is 5.18. The molecule has 1 aromatic heterocycles. The summed E-state index contributed by atoms with van der Waals surface area (Å²) in [6.45, 7) is 7.19. The van der Waals surface area contributed by atoms with E-state index >= 15 is 0 Å². The first-order valence-corrected chi connectivity index (χ1v) is 9.78. The highest BCUT2D eigenvalue weighted by molar-refractivity contribution is 5.47. The van der Waals surface area contributed by atoms with Crippen molar-refractivity contribution in [2.24, 2.45) is 0 Å². The fraction of sp³-hybridized carbons (Fsp3) is 0.524. The number of aryl methyl sites for hydroxylation is 2. The molecule has 0 unspecified atom stereocenters. The predicted octanol–water partition coefficient (Wildman–Crippen LogP) is 2.95. The number of rotatable bonds is 7. The second-order valence-corrected chi connectivity index (χ2v) is 7.19. The average Bonchev–Trinajstić information content (AvgIpc) is 2.67.